The second kappa shape index (κ2) is 10.3. The van der Waals surface area contributed by atoms with E-state index in [-0.39, 0.29) is 23.7 Å². The fourth-order valence-electron chi connectivity index (χ4n) is 4.52. The van der Waals surface area contributed by atoms with Gasteiger partial charge in [-0.3, -0.25) is 14.4 Å². The Morgan fingerprint density at radius 3 is 2.62 bits per heavy atom. The Hall–Kier alpha value is -2.65. The highest BCUT2D eigenvalue weighted by atomic mass is 16.5. The fourth-order valence-corrected chi connectivity index (χ4v) is 4.52. The summed E-state index contributed by atoms with van der Waals surface area (Å²) in [6.45, 7) is 9.34. The summed E-state index contributed by atoms with van der Waals surface area (Å²) in [5.41, 5.74) is 1.62. The van der Waals surface area contributed by atoms with Crippen molar-refractivity contribution in [1.29, 1.82) is 0 Å². The minimum atomic E-state index is -0.852. The van der Waals surface area contributed by atoms with Crippen molar-refractivity contribution in [3.8, 4) is 0 Å². The van der Waals surface area contributed by atoms with Gasteiger partial charge in [0.2, 0.25) is 5.91 Å². The molecule has 2 unspecified atom stereocenters. The number of aliphatic hydroxyl groups is 1. The highest BCUT2D eigenvalue weighted by Crippen LogP contribution is 2.33. The zero-order valence-corrected chi connectivity index (χ0v) is 20.5. The first-order valence-corrected chi connectivity index (χ1v) is 11.9. The summed E-state index contributed by atoms with van der Waals surface area (Å²) in [5, 5.41) is 24.6. The number of carbonyl (C=O) groups is 3. The lowest BCUT2D eigenvalue weighted by atomic mass is 9.86. The molecule has 0 aliphatic carbocycles. The molecule has 2 amide bonds. The molecule has 9 nitrogen and oxygen atoms in total. The molecule has 0 spiro atoms. The molecule has 0 saturated carbocycles. The molecule has 2 heterocycles. The largest absolute Gasteiger partial charge is 0.481 e. The van der Waals surface area contributed by atoms with Crippen LogP contribution in [0.15, 0.2) is 18.2 Å². The van der Waals surface area contributed by atoms with Gasteiger partial charge in [0.15, 0.2) is 0 Å². The molecule has 0 aromatic heterocycles. The maximum Gasteiger partial charge on any atom is 0.303 e. The number of aliphatic hydroxyl groups excluding tert-OH is 1. The molecular weight excluding hydrogens is 438 g/mol. The molecule has 0 radical (unpaired) electrons. The molecule has 1 saturated heterocycles. The van der Waals surface area contributed by atoms with E-state index in [2.05, 4.69) is 10.6 Å². The van der Waals surface area contributed by atoms with Gasteiger partial charge in [-0.2, -0.15) is 0 Å². The smallest absolute Gasteiger partial charge is 0.303 e. The van der Waals surface area contributed by atoms with Gasteiger partial charge >= 0.3 is 5.97 Å². The van der Waals surface area contributed by atoms with Crippen LogP contribution in [0.1, 0.15) is 75.7 Å². The van der Waals surface area contributed by atoms with Gasteiger partial charge < -0.3 is 30.5 Å². The number of nitrogens with zero attached hydrogens (tertiary/aromatic N) is 1. The van der Waals surface area contributed by atoms with Crippen molar-refractivity contribution >= 4 is 23.5 Å². The quantitative estimate of drug-likeness (QED) is 0.387. The van der Waals surface area contributed by atoms with Crippen LogP contribution < -0.4 is 10.6 Å². The van der Waals surface area contributed by atoms with Gasteiger partial charge in [-0.1, -0.05) is 19.9 Å². The lowest BCUT2D eigenvalue weighted by Crippen LogP contribution is -2.54. The molecule has 4 N–H and O–H groups in total. The van der Waals surface area contributed by atoms with E-state index in [4.69, 9.17) is 9.84 Å². The van der Waals surface area contributed by atoms with E-state index in [0.29, 0.717) is 44.5 Å². The highest BCUT2D eigenvalue weighted by molar-refractivity contribution is 6.02. The Labute approximate surface area is 200 Å². The topological polar surface area (TPSA) is 128 Å². The number of aliphatic carboxylic acids is 1. The number of carboxylic acids is 1. The number of nitrogens with one attached hydrogen (secondary N) is 2. The fraction of sp³-hybridized carbons (Fsp3) is 0.640. The van der Waals surface area contributed by atoms with Crippen LogP contribution in [0.25, 0.3) is 0 Å². The minimum Gasteiger partial charge on any atom is -0.481 e. The number of anilines is 1. The summed E-state index contributed by atoms with van der Waals surface area (Å²) in [6.07, 6.45) is 1.49. The van der Waals surface area contributed by atoms with Crippen molar-refractivity contribution in [2.75, 3.05) is 18.5 Å². The van der Waals surface area contributed by atoms with Gasteiger partial charge in [0, 0.05) is 36.5 Å². The third kappa shape index (κ3) is 6.48. The summed E-state index contributed by atoms with van der Waals surface area (Å²) in [4.78, 5) is 37.9. The van der Waals surface area contributed by atoms with E-state index in [1.807, 2.05) is 39.8 Å². The monoisotopic (exact) mass is 475 g/mol. The van der Waals surface area contributed by atoms with Crippen molar-refractivity contribution in [2.24, 2.45) is 5.41 Å². The first kappa shape index (κ1) is 26.0. The Morgan fingerprint density at radius 1 is 1.21 bits per heavy atom. The van der Waals surface area contributed by atoms with E-state index in [0.717, 1.165) is 17.7 Å². The van der Waals surface area contributed by atoms with Gasteiger partial charge in [0.05, 0.1) is 12.0 Å². The molecule has 3 rings (SSSR count). The molecule has 1 aromatic carbocycles. The molecule has 2 atom stereocenters. The third-order valence-electron chi connectivity index (χ3n) is 6.64. The summed E-state index contributed by atoms with van der Waals surface area (Å²) in [7, 11) is 0. The van der Waals surface area contributed by atoms with Crippen LogP contribution in [0.4, 0.5) is 5.69 Å². The van der Waals surface area contributed by atoms with E-state index >= 15 is 0 Å². The standard InChI is InChI=1S/C25H37N3O6/c1-24(2,14-21(30)31)11-13-34-25(3,4)10-12-26-18-7-5-6-16-17(18)15-28(23(16)33)19-8-9-20(29)27-22(19)32/h5-7,19-20,26,29H,8-15H2,1-4H3,(H,27,32)(H,30,31). The van der Waals surface area contributed by atoms with Crippen LogP contribution in [0.3, 0.4) is 0 Å². The molecule has 2 aliphatic rings. The van der Waals surface area contributed by atoms with Gasteiger partial charge in [-0.05, 0) is 57.1 Å². The molecule has 34 heavy (non-hydrogen) atoms. The van der Waals surface area contributed by atoms with Gasteiger partial charge in [0.25, 0.3) is 5.91 Å². The molecule has 2 aliphatic heterocycles. The molecule has 1 aromatic rings. The third-order valence-corrected chi connectivity index (χ3v) is 6.64. The summed E-state index contributed by atoms with van der Waals surface area (Å²) >= 11 is 0. The second-order valence-electron chi connectivity index (χ2n) is 10.7. The summed E-state index contributed by atoms with van der Waals surface area (Å²) < 4.78 is 6.05. The maximum absolute atomic E-state index is 13.0. The number of ether oxygens (including phenoxy) is 1. The normalized spacial score (nSPS) is 20.8. The van der Waals surface area contributed by atoms with Crippen molar-refractivity contribution in [2.45, 2.75) is 84.2 Å². The first-order chi connectivity index (χ1) is 15.9. The van der Waals surface area contributed by atoms with E-state index < -0.39 is 23.8 Å². The van der Waals surface area contributed by atoms with Crippen molar-refractivity contribution in [3.63, 3.8) is 0 Å². The lowest BCUT2D eigenvalue weighted by Gasteiger charge is -2.32. The SMILES string of the molecule is CC(C)(CCOC(C)(C)CCNc1cccc2c1CN(C1CCC(O)NC1=O)C2=O)CC(=O)O. The predicted octanol–water partition coefficient (Wildman–Crippen LogP) is 2.73. The van der Waals surface area contributed by atoms with Crippen molar-refractivity contribution in [1.82, 2.24) is 10.2 Å². The van der Waals surface area contributed by atoms with Crippen LogP contribution in [0, 0.1) is 5.41 Å². The minimum absolute atomic E-state index is 0.107. The van der Waals surface area contributed by atoms with Crippen LogP contribution in [-0.2, 0) is 20.9 Å². The Kier molecular flexibility index (Phi) is 7.88. The molecular formula is C25H37N3O6. The number of piperidine rings is 1. The Balaban J connectivity index is 1.54. The molecule has 9 heteroatoms. The molecule has 1 fully saturated rings. The number of amides is 2. The molecule has 0 bridgehead atoms. The number of carbonyl (C=O) groups excluding carboxylic acids is 2. The van der Waals surface area contributed by atoms with Gasteiger partial charge in [0.1, 0.15) is 12.3 Å². The molecule has 188 valence electrons. The Bertz CT molecular complexity index is 929. The number of hydrogen-bond acceptors (Lipinski definition) is 6. The van der Waals surface area contributed by atoms with E-state index in [1.54, 1.807) is 11.0 Å². The van der Waals surface area contributed by atoms with Crippen LogP contribution in [-0.4, -0.2) is 63.9 Å². The van der Waals surface area contributed by atoms with Crippen LogP contribution >= 0.6 is 0 Å². The maximum atomic E-state index is 13.0. The zero-order valence-electron chi connectivity index (χ0n) is 20.5. The van der Waals surface area contributed by atoms with Crippen LogP contribution in [0.5, 0.6) is 0 Å². The number of rotatable bonds is 11. The average molecular weight is 476 g/mol. The number of fused-ring (bicyclic) bond motifs is 1. The summed E-state index contributed by atoms with van der Waals surface area (Å²) in [6, 6.07) is 4.97. The lowest BCUT2D eigenvalue weighted by molar-refractivity contribution is -0.139. The van der Waals surface area contributed by atoms with Crippen molar-refractivity contribution < 1.29 is 29.3 Å². The Morgan fingerprint density at radius 2 is 1.94 bits per heavy atom. The second-order valence-corrected chi connectivity index (χ2v) is 10.7. The number of benzene rings is 1. The van der Waals surface area contributed by atoms with Gasteiger partial charge in [-0.15, -0.1) is 0 Å². The number of hydrogen-bond donors (Lipinski definition) is 4. The van der Waals surface area contributed by atoms with E-state index in [9.17, 15) is 19.5 Å². The predicted molar refractivity (Wildman–Crippen MR) is 127 cm³/mol. The van der Waals surface area contributed by atoms with Gasteiger partial charge in [-0.25, -0.2) is 0 Å². The van der Waals surface area contributed by atoms with Crippen molar-refractivity contribution in [3.05, 3.63) is 29.3 Å². The highest BCUT2D eigenvalue weighted by Gasteiger charge is 2.39. The summed E-state index contributed by atoms with van der Waals surface area (Å²) in [5.74, 6) is -1.29. The zero-order chi connectivity index (χ0) is 25.1. The number of carboxylic acid groups (broad SMARTS) is 1. The van der Waals surface area contributed by atoms with E-state index in [1.165, 1.54) is 0 Å². The average Bonchev–Trinajstić information content (AvgIpc) is 3.04. The first-order valence-electron chi connectivity index (χ1n) is 11.9. The van der Waals surface area contributed by atoms with Crippen LogP contribution in [0.2, 0.25) is 0 Å².